The van der Waals surface area contributed by atoms with Gasteiger partial charge in [-0.15, -0.1) is 0 Å². The third kappa shape index (κ3) is 31.3. The van der Waals surface area contributed by atoms with Gasteiger partial charge in [0.1, 0.15) is 0 Å². The van der Waals surface area contributed by atoms with Crippen LogP contribution in [-0.4, -0.2) is 23.9 Å². The minimum absolute atomic E-state index is 0. The Kier molecular flexibility index (Phi) is 15.9. The second kappa shape index (κ2) is 12.8. The van der Waals surface area contributed by atoms with Crippen LogP contribution in [0.3, 0.4) is 0 Å². The van der Waals surface area contributed by atoms with Crippen LogP contribution in [0.4, 0.5) is 0 Å². The van der Waals surface area contributed by atoms with Crippen LogP contribution in [0.2, 0.25) is 0 Å². The van der Waals surface area contributed by atoms with Crippen molar-refractivity contribution in [2.24, 2.45) is 0 Å². The van der Waals surface area contributed by atoms with Gasteiger partial charge in [-0.25, -0.2) is 0 Å². The van der Waals surface area contributed by atoms with Crippen molar-refractivity contribution in [3.8, 4) is 0 Å². The van der Waals surface area contributed by atoms with Crippen LogP contribution in [0.5, 0.6) is 0 Å². The number of hydrogen-bond donors (Lipinski definition) is 0. The largest absolute Gasteiger partial charge is 4.00 e. The first-order valence-electron chi connectivity index (χ1n) is 3.45. The third-order valence-electron chi connectivity index (χ3n) is 0.711. The summed E-state index contributed by atoms with van der Waals surface area (Å²) in [6.45, 7) is 0. The van der Waals surface area contributed by atoms with Gasteiger partial charge >= 0.3 is 41.7 Å². The molecule has 0 unspecified atom stereocenters. The van der Waals surface area contributed by atoms with Crippen molar-refractivity contribution in [2.45, 2.75) is 0 Å². The van der Waals surface area contributed by atoms with Crippen LogP contribution >= 0.6 is 0 Å². The average molecular weight is 368 g/mol. The summed E-state index contributed by atoms with van der Waals surface area (Å²) < 4.78 is 0. The van der Waals surface area contributed by atoms with Gasteiger partial charge in [0.15, 0.2) is 0 Å². The van der Waals surface area contributed by atoms with E-state index in [4.69, 9.17) is 0 Å². The quantitative estimate of drug-likeness (QED) is 0.443. The molecule has 0 aliphatic carbocycles. The molecule has 0 rings (SSSR count). The van der Waals surface area contributed by atoms with E-state index in [9.17, 15) is 39.6 Å². The van der Waals surface area contributed by atoms with E-state index in [1.54, 1.807) is 0 Å². The Balaban J connectivity index is -0.000000218. The molecule has 0 aromatic heterocycles. The van der Waals surface area contributed by atoms with Crippen LogP contribution in [0.15, 0.2) is 24.3 Å². The molecule has 8 nitrogen and oxygen atoms in total. The molecule has 0 atom stereocenters. The predicted molar refractivity (Wildman–Crippen MR) is 38.3 cm³/mol. The predicted octanol–water partition coefficient (Wildman–Crippen LogP) is -5.92. The van der Waals surface area contributed by atoms with E-state index in [2.05, 4.69) is 0 Å². The van der Waals surface area contributed by atoms with Gasteiger partial charge < -0.3 is 39.6 Å². The molecule has 0 spiro atoms. The van der Waals surface area contributed by atoms with Gasteiger partial charge in [0.25, 0.3) is 0 Å². The van der Waals surface area contributed by atoms with Crippen molar-refractivity contribution in [3.63, 3.8) is 0 Å². The maximum atomic E-state index is 9.41. The molecule has 0 aliphatic heterocycles. The number of carboxylic acid groups (broad SMARTS) is 4. The van der Waals surface area contributed by atoms with E-state index in [0.29, 0.717) is 24.3 Å². The molecule has 0 fully saturated rings. The van der Waals surface area contributed by atoms with Gasteiger partial charge in [0.05, 0.1) is 23.9 Å². The number of hydrogen-bond acceptors (Lipinski definition) is 8. The summed E-state index contributed by atoms with van der Waals surface area (Å²) >= 11 is 0. The van der Waals surface area contributed by atoms with Crippen molar-refractivity contribution in [1.82, 2.24) is 0 Å². The van der Waals surface area contributed by atoms with Gasteiger partial charge in [-0.2, -0.15) is 0 Å². The fourth-order valence-electron chi connectivity index (χ4n) is 0.272. The SMILES string of the molecule is O=C([O-])C=CC(=O)[O-].O=C([O-])C=CC(=O)[O-].[Ce+4]. The van der Waals surface area contributed by atoms with Crippen molar-refractivity contribution < 1.29 is 81.4 Å². The molecule has 0 heterocycles. The fraction of sp³-hybridized carbons (Fsp3) is 0. The summed E-state index contributed by atoms with van der Waals surface area (Å²) in [5, 5.41) is 37.7. The first-order chi connectivity index (χ1) is 7.25. The van der Waals surface area contributed by atoms with Crippen molar-refractivity contribution in [1.29, 1.82) is 0 Å². The molecule has 9 heteroatoms. The monoisotopic (exact) mass is 368 g/mol. The summed E-state index contributed by atoms with van der Waals surface area (Å²) in [6.07, 6.45) is 1.54. The molecule has 0 amide bonds. The van der Waals surface area contributed by atoms with Crippen molar-refractivity contribution >= 4 is 23.9 Å². The van der Waals surface area contributed by atoms with Gasteiger partial charge in [0, 0.05) is 0 Å². The summed E-state index contributed by atoms with van der Waals surface area (Å²) in [4.78, 5) is 37.7. The molecular formula is C8H4CeO8. The summed E-state index contributed by atoms with van der Waals surface area (Å²) in [6, 6.07) is 0. The normalized spacial score (nSPS) is 8.94. The van der Waals surface area contributed by atoms with E-state index >= 15 is 0 Å². The first-order valence-corrected chi connectivity index (χ1v) is 3.45. The zero-order valence-corrected chi connectivity index (χ0v) is 11.2. The molecule has 0 aliphatic rings. The topological polar surface area (TPSA) is 161 Å². The number of carbonyl (C=O) groups excluding carboxylic acids is 4. The first kappa shape index (κ1) is 21.1. The fourth-order valence-corrected chi connectivity index (χ4v) is 0.272. The Morgan fingerprint density at radius 2 is 0.647 bits per heavy atom. The minimum atomic E-state index is -1.55. The molecule has 17 heavy (non-hydrogen) atoms. The van der Waals surface area contributed by atoms with E-state index in [0.717, 1.165) is 0 Å². The van der Waals surface area contributed by atoms with E-state index in [-0.39, 0.29) is 41.7 Å². The van der Waals surface area contributed by atoms with Crippen LogP contribution in [-0.2, 0) is 19.2 Å². The molecule has 0 aromatic rings. The zero-order valence-electron chi connectivity index (χ0n) is 8.08. The smallest absolute Gasteiger partial charge is 0.545 e. The van der Waals surface area contributed by atoms with Crippen LogP contribution in [0.1, 0.15) is 0 Å². The van der Waals surface area contributed by atoms with E-state index < -0.39 is 23.9 Å². The molecular weight excluding hydrogens is 364 g/mol. The molecule has 0 N–H and O–H groups in total. The summed E-state index contributed by atoms with van der Waals surface area (Å²) in [7, 11) is 0. The van der Waals surface area contributed by atoms with Crippen LogP contribution in [0.25, 0.3) is 0 Å². The van der Waals surface area contributed by atoms with Gasteiger partial charge in [0.2, 0.25) is 0 Å². The van der Waals surface area contributed by atoms with Crippen LogP contribution < -0.4 is 20.4 Å². The van der Waals surface area contributed by atoms with E-state index in [1.165, 1.54) is 0 Å². The molecule has 88 valence electrons. The van der Waals surface area contributed by atoms with Crippen molar-refractivity contribution in [3.05, 3.63) is 24.3 Å². The molecule has 0 radical (unpaired) electrons. The van der Waals surface area contributed by atoms with Crippen molar-refractivity contribution in [2.75, 3.05) is 0 Å². The second-order valence-corrected chi connectivity index (χ2v) is 1.94. The van der Waals surface area contributed by atoms with Gasteiger partial charge in [-0.3, -0.25) is 0 Å². The zero-order chi connectivity index (χ0) is 13.1. The number of aliphatic carboxylic acids is 4. The molecule has 0 saturated carbocycles. The maximum absolute atomic E-state index is 9.41. The number of carbonyl (C=O) groups is 4. The number of rotatable bonds is 4. The Morgan fingerprint density at radius 1 is 0.529 bits per heavy atom. The standard InChI is InChI=1S/2C4H4O4.Ce/c2*5-3(6)1-2-4(7)8;/h2*1-2H,(H,5,6)(H,7,8);/q;;+4/p-4. The second-order valence-electron chi connectivity index (χ2n) is 1.94. The minimum Gasteiger partial charge on any atom is -0.545 e. The summed E-state index contributed by atoms with van der Waals surface area (Å²) in [5.74, 6) is -6.19. The Labute approximate surface area is 129 Å². The third-order valence-corrected chi connectivity index (χ3v) is 0.711. The Bertz CT molecular complexity index is 277. The molecule has 0 bridgehead atoms. The molecule has 0 aromatic carbocycles. The average Bonchev–Trinajstić information content (AvgIpc) is 2.12. The maximum Gasteiger partial charge on any atom is 4.00 e. The van der Waals surface area contributed by atoms with E-state index in [1.807, 2.05) is 0 Å². The number of carboxylic acids is 4. The van der Waals surface area contributed by atoms with Gasteiger partial charge in [-0.05, 0) is 24.3 Å². The van der Waals surface area contributed by atoms with Crippen LogP contribution in [0, 0.1) is 41.7 Å². The van der Waals surface area contributed by atoms with Gasteiger partial charge in [-0.1, -0.05) is 0 Å². The Hall–Kier alpha value is -1.26. The summed E-state index contributed by atoms with van der Waals surface area (Å²) in [5.41, 5.74) is 0. The Morgan fingerprint density at radius 3 is 0.706 bits per heavy atom. The molecule has 0 saturated heterocycles.